The van der Waals surface area contributed by atoms with Crippen LogP contribution in [0.4, 0.5) is 5.69 Å². The highest BCUT2D eigenvalue weighted by Crippen LogP contribution is 2.32. The number of rotatable bonds is 3. The Kier molecular flexibility index (Phi) is 3.50. The average Bonchev–Trinajstić information content (AvgIpc) is 2.99. The monoisotopic (exact) mass is 294 g/mol. The first-order valence-electron chi connectivity index (χ1n) is 7.36. The van der Waals surface area contributed by atoms with Crippen LogP contribution in [-0.2, 0) is 16.4 Å². The van der Waals surface area contributed by atoms with E-state index in [0.29, 0.717) is 16.7 Å². The molecule has 20 heavy (non-hydrogen) atoms. The Balaban J connectivity index is 1.82. The lowest BCUT2D eigenvalue weighted by molar-refractivity contribution is 0.402. The molecular formula is C15H22N2O2S. The highest BCUT2D eigenvalue weighted by atomic mass is 32.2. The van der Waals surface area contributed by atoms with Gasteiger partial charge in [-0.3, -0.25) is 0 Å². The highest BCUT2D eigenvalue weighted by molar-refractivity contribution is 7.89. The van der Waals surface area contributed by atoms with Crippen LogP contribution in [0, 0.1) is 11.8 Å². The zero-order chi connectivity index (χ0) is 14.3. The minimum atomic E-state index is -3.40. The number of hydrogen-bond donors (Lipinski definition) is 2. The maximum Gasteiger partial charge on any atom is 0.240 e. The summed E-state index contributed by atoms with van der Waals surface area (Å²) in [6.45, 7) is 5.22. The number of fused-ring (bicyclic) bond motifs is 1. The van der Waals surface area contributed by atoms with Crippen molar-refractivity contribution in [2.24, 2.45) is 11.8 Å². The van der Waals surface area contributed by atoms with Crippen LogP contribution < -0.4 is 10.0 Å². The Labute approximate surface area is 121 Å². The molecule has 0 bridgehead atoms. The molecule has 3 unspecified atom stereocenters. The molecule has 3 atom stereocenters. The molecule has 3 rings (SSSR count). The van der Waals surface area contributed by atoms with Gasteiger partial charge in [-0.05, 0) is 54.9 Å². The Morgan fingerprint density at radius 1 is 1.25 bits per heavy atom. The summed E-state index contributed by atoms with van der Waals surface area (Å²) in [7, 11) is -3.40. The lowest BCUT2D eigenvalue weighted by Crippen LogP contribution is -2.37. The third kappa shape index (κ3) is 2.44. The summed E-state index contributed by atoms with van der Waals surface area (Å²) in [5.74, 6) is 0.993. The maximum atomic E-state index is 12.5. The van der Waals surface area contributed by atoms with Gasteiger partial charge in [-0.15, -0.1) is 0 Å². The molecule has 1 fully saturated rings. The van der Waals surface area contributed by atoms with E-state index in [0.717, 1.165) is 37.1 Å². The molecule has 0 spiro atoms. The largest absolute Gasteiger partial charge is 0.384 e. The van der Waals surface area contributed by atoms with Gasteiger partial charge < -0.3 is 5.32 Å². The van der Waals surface area contributed by atoms with E-state index < -0.39 is 10.0 Å². The molecule has 0 saturated heterocycles. The maximum absolute atomic E-state index is 12.5. The van der Waals surface area contributed by atoms with Gasteiger partial charge in [-0.1, -0.05) is 13.8 Å². The second-order valence-electron chi connectivity index (χ2n) is 6.14. The van der Waals surface area contributed by atoms with Gasteiger partial charge >= 0.3 is 0 Å². The number of sulfonamides is 1. The third-order valence-electron chi connectivity index (χ3n) is 4.87. The zero-order valence-electron chi connectivity index (χ0n) is 12.0. The van der Waals surface area contributed by atoms with Crippen molar-refractivity contribution in [1.29, 1.82) is 0 Å². The van der Waals surface area contributed by atoms with Crippen LogP contribution in [-0.4, -0.2) is 21.0 Å². The molecular weight excluding hydrogens is 272 g/mol. The van der Waals surface area contributed by atoms with Crippen LogP contribution >= 0.6 is 0 Å². The zero-order valence-corrected chi connectivity index (χ0v) is 12.8. The Bertz CT molecular complexity index is 612. The van der Waals surface area contributed by atoms with Crippen LogP contribution in [0.25, 0.3) is 0 Å². The van der Waals surface area contributed by atoms with E-state index in [1.54, 1.807) is 12.1 Å². The molecule has 0 radical (unpaired) electrons. The third-order valence-corrected chi connectivity index (χ3v) is 6.36. The van der Waals surface area contributed by atoms with E-state index in [1.807, 2.05) is 6.07 Å². The molecule has 1 aromatic carbocycles. The topological polar surface area (TPSA) is 58.2 Å². The molecule has 1 heterocycles. The molecule has 4 nitrogen and oxygen atoms in total. The predicted octanol–water partition coefficient (Wildman–Crippen LogP) is 2.37. The van der Waals surface area contributed by atoms with Gasteiger partial charge in [0.15, 0.2) is 0 Å². The number of hydrogen-bond acceptors (Lipinski definition) is 3. The van der Waals surface area contributed by atoms with Crippen molar-refractivity contribution in [3.63, 3.8) is 0 Å². The van der Waals surface area contributed by atoms with Gasteiger partial charge in [0.2, 0.25) is 10.0 Å². The Morgan fingerprint density at radius 2 is 2.05 bits per heavy atom. The summed E-state index contributed by atoms with van der Waals surface area (Å²) in [5, 5.41) is 3.25. The minimum absolute atomic E-state index is 0.0707. The standard InChI is InChI=1S/C15H22N2O2S/c1-10-3-5-14(11(10)2)17-20(18,19)13-4-6-15-12(9-13)7-8-16-15/h4,6,9-11,14,16-17H,3,5,7-8H2,1-2H3. The Hall–Kier alpha value is -1.07. The van der Waals surface area contributed by atoms with Crippen LogP contribution in [0.3, 0.4) is 0 Å². The lowest BCUT2D eigenvalue weighted by Gasteiger charge is -2.19. The number of nitrogens with one attached hydrogen (secondary N) is 2. The second kappa shape index (κ2) is 5.04. The first-order chi connectivity index (χ1) is 9.47. The van der Waals surface area contributed by atoms with E-state index >= 15 is 0 Å². The number of benzene rings is 1. The van der Waals surface area contributed by atoms with Gasteiger partial charge in [0.25, 0.3) is 0 Å². The van der Waals surface area contributed by atoms with Gasteiger partial charge in [-0.2, -0.15) is 0 Å². The molecule has 2 N–H and O–H groups in total. The average molecular weight is 294 g/mol. The lowest BCUT2D eigenvalue weighted by atomic mass is 9.98. The minimum Gasteiger partial charge on any atom is -0.384 e. The molecule has 2 aliphatic rings. The summed E-state index contributed by atoms with van der Waals surface area (Å²) >= 11 is 0. The van der Waals surface area contributed by atoms with E-state index in [4.69, 9.17) is 0 Å². The fraction of sp³-hybridized carbons (Fsp3) is 0.600. The molecule has 1 saturated carbocycles. The SMILES string of the molecule is CC1CCC(NS(=O)(=O)c2ccc3c(c2)CCN3)C1C. The first-order valence-corrected chi connectivity index (χ1v) is 8.85. The molecule has 0 aromatic heterocycles. The molecule has 1 aliphatic carbocycles. The summed E-state index contributed by atoms with van der Waals surface area (Å²) in [4.78, 5) is 0.395. The van der Waals surface area contributed by atoms with Gasteiger partial charge in [0.1, 0.15) is 0 Å². The quantitative estimate of drug-likeness (QED) is 0.900. The van der Waals surface area contributed by atoms with Crippen molar-refractivity contribution >= 4 is 15.7 Å². The Morgan fingerprint density at radius 3 is 2.75 bits per heavy atom. The molecule has 110 valence electrons. The number of anilines is 1. The van der Waals surface area contributed by atoms with Gasteiger partial charge in [0.05, 0.1) is 4.90 Å². The summed E-state index contributed by atoms with van der Waals surface area (Å²) in [5.41, 5.74) is 2.16. The molecule has 0 amide bonds. The summed E-state index contributed by atoms with van der Waals surface area (Å²) in [6.07, 6.45) is 2.94. The second-order valence-corrected chi connectivity index (χ2v) is 7.85. The van der Waals surface area contributed by atoms with E-state index in [2.05, 4.69) is 23.9 Å². The highest BCUT2D eigenvalue weighted by Gasteiger charge is 2.33. The van der Waals surface area contributed by atoms with Gasteiger partial charge in [-0.25, -0.2) is 13.1 Å². The van der Waals surface area contributed by atoms with Crippen molar-refractivity contribution in [2.45, 2.75) is 44.0 Å². The first kappa shape index (κ1) is 13.9. The fourth-order valence-corrected chi connectivity index (χ4v) is 4.66. The van der Waals surface area contributed by atoms with Crippen LogP contribution in [0.2, 0.25) is 0 Å². The van der Waals surface area contributed by atoms with Crippen LogP contribution in [0.15, 0.2) is 23.1 Å². The van der Waals surface area contributed by atoms with Crippen molar-refractivity contribution in [3.8, 4) is 0 Å². The van der Waals surface area contributed by atoms with E-state index in [-0.39, 0.29) is 6.04 Å². The van der Waals surface area contributed by atoms with E-state index in [9.17, 15) is 8.42 Å². The van der Waals surface area contributed by atoms with Crippen molar-refractivity contribution in [1.82, 2.24) is 4.72 Å². The van der Waals surface area contributed by atoms with Crippen LogP contribution in [0.5, 0.6) is 0 Å². The van der Waals surface area contributed by atoms with Gasteiger partial charge in [0, 0.05) is 18.3 Å². The summed E-state index contributed by atoms with van der Waals surface area (Å²) in [6, 6.07) is 5.45. The van der Waals surface area contributed by atoms with E-state index in [1.165, 1.54) is 0 Å². The molecule has 5 heteroatoms. The predicted molar refractivity (Wildman–Crippen MR) is 80.3 cm³/mol. The molecule has 1 aliphatic heterocycles. The van der Waals surface area contributed by atoms with Crippen molar-refractivity contribution < 1.29 is 8.42 Å². The molecule has 1 aromatic rings. The summed E-state index contributed by atoms with van der Waals surface area (Å²) < 4.78 is 27.9. The fourth-order valence-electron chi connectivity index (χ4n) is 3.25. The smallest absolute Gasteiger partial charge is 0.240 e. The van der Waals surface area contributed by atoms with Crippen molar-refractivity contribution in [2.75, 3.05) is 11.9 Å². The van der Waals surface area contributed by atoms with Crippen molar-refractivity contribution in [3.05, 3.63) is 23.8 Å². The van der Waals surface area contributed by atoms with Crippen LogP contribution in [0.1, 0.15) is 32.3 Å². The normalized spacial score (nSPS) is 29.2.